The average Bonchev–Trinajstić information content (AvgIpc) is 4.00. The Morgan fingerprint density at radius 2 is 1.07 bits per heavy atom. The molecule has 0 spiro atoms. The Kier molecular flexibility index (Phi) is 8.68. The van der Waals surface area contributed by atoms with Gasteiger partial charge in [-0.15, -0.1) is 0 Å². The summed E-state index contributed by atoms with van der Waals surface area (Å²) in [6.45, 7) is 4.75. The Labute approximate surface area is 388 Å². The molecule has 0 saturated carbocycles. The summed E-state index contributed by atoms with van der Waals surface area (Å²) in [7, 11) is 2.15. The first-order chi connectivity index (χ1) is 32.9. The fraction of sp³-hybridized carbons (Fsp3) is 0.0656. The molecule has 13 rings (SSSR count). The zero-order valence-electron chi connectivity index (χ0n) is 37.3. The van der Waals surface area contributed by atoms with Gasteiger partial charge < -0.3 is 13.9 Å². The minimum absolute atomic E-state index is 0.209. The lowest BCUT2D eigenvalue weighted by Gasteiger charge is -2.25. The molecule has 0 amide bonds. The minimum Gasteiger partial charge on any atom is -0.456 e. The van der Waals surface area contributed by atoms with E-state index >= 15 is 0 Å². The summed E-state index contributed by atoms with van der Waals surface area (Å²) >= 11 is 0. The first-order valence-electron chi connectivity index (χ1n) is 22.8. The van der Waals surface area contributed by atoms with Crippen molar-refractivity contribution in [2.45, 2.75) is 19.3 Å². The van der Waals surface area contributed by atoms with Crippen molar-refractivity contribution in [3.63, 3.8) is 0 Å². The molecule has 6 heteroatoms. The summed E-state index contributed by atoms with van der Waals surface area (Å²) in [6, 6.07) is 72.9. The summed E-state index contributed by atoms with van der Waals surface area (Å²) in [5, 5.41) is 4.51. The minimum atomic E-state index is -0.209. The number of aromatic nitrogens is 4. The van der Waals surface area contributed by atoms with Crippen molar-refractivity contribution in [1.82, 2.24) is 19.5 Å². The molecular weight excluding hydrogens is 819 g/mol. The molecular formula is C61H43N5O. The molecule has 0 radical (unpaired) electrons. The van der Waals surface area contributed by atoms with E-state index < -0.39 is 0 Å². The van der Waals surface area contributed by atoms with Crippen LogP contribution in [0.3, 0.4) is 0 Å². The van der Waals surface area contributed by atoms with Gasteiger partial charge in [0.1, 0.15) is 11.2 Å². The van der Waals surface area contributed by atoms with Crippen LogP contribution >= 0.6 is 0 Å². The summed E-state index contributed by atoms with van der Waals surface area (Å²) in [6.07, 6.45) is 0. The molecule has 0 saturated heterocycles. The van der Waals surface area contributed by atoms with E-state index in [1.165, 1.54) is 55.3 Å². The van der Waals surface area contributed by atoms with Crippen molar-refractivity contribution >= 4 is 55.1 Å². The van der Waals surface area contributed by atoms with E-state index in [4.69, 9.17) is 19.4 Å². The van der Waals surface area contributed by atoms with Gasteiger partial charge in [0, 0.05) is 73.3 Å². The van der Waals surface area contributed by atoms with Crippen LogP contribution in [-0.2, 0) is 5.41 Å². The second-order valence-corrected chi connectivity index (χ2v) is 18.1. The Hall–Kier alpha value is -8.61. The number of para-hydroxylation sites is 3. The van der Waals surface area contributed by atoms with E-state index in [1.54, 1.807) is 0 Å². The lowest BCUT2D eigenvalue weighted by molar-refractivity contribution is 0.661. The van der Waals surface area contributed by atoms with Gasteiger partial charge in [0.15, 0.2) is 17.5 Å². The van der Waals surface area contributed by atoms with Crippen LogP contribution in [0.1, 0.15) is 25.0 Å². The second-order valence-electron chi connectivity index (χ2n) is 18.1. The molecule has 318 valence electrons. The van der Waals surface area contributed by atoms with Crippen LogP contribution in [0.15, 0.2) is 211 Å². The molecule has 0 fully saturated rings. The molecule has 9 aromatic carbocycles. The summed E-state index contributed by atoms with van der Waals surface area (Å²) in [4.78, 5) is 17.4. The van der Waals surface area contributed by atoms with Gasteiger partial charge in [-0.25, -0.2) is 15.0 Å². The van der Waals surface area contributed by atoms with Gasteiger partial charge in [-0.3, -0.25) is 0 Å². The Morgan fingerprint density at radius 1 is 0.433 bits per heavy atom. The third-order valence-electron chi connectivity index (χ3n) is 13.9. The zero-order valence-corrected chi connectivity index (χ0v) is 37.3. The molecule has 0 bridgehead atoms. The van der Waals surface area contributed by atoms with Gasteiger partial charge in [0.2, 0.25) is 0 Å². The number of fused-ring (bicyclic) bond motifs is 9. The van der Waals surface area contributed by atoms with Crippen molar-refractivity contribution in [2.75, 3.05) is 11.9 Å². The number of furan rings is 1. The fourth-order valence-corrected chi connectivity index (χ4v) is 10.5. The van der Waals surface area contributed by atoms with Crippen molar-refractivity contribution in [2.24, 2.45) is 0 Å². The third-order valence-corrected chi connectivity index (χ3v) is 13.9. The van der Waals surface area contributed by atoms with E-state index in [1.807, 2.05) is 72.8 Å². The standard InChI is InChI=1S/C61H43N5O/c1-61(2)50-34-40(30-32-44(50)47-37-54-48(36-51(47)61)45-25-14-16-28-53(45)66(54)41-22-11-6-12-23-41)43-24-13-15-27-52(43)65(3)42-31-33-55-49(35-42)57-46(26-17-29-56(57)67-55)60-63-58(38-18-7-4-8-19-38)62-59(64-60)39-20-9-5-10-21-39/h4-37H,1-3H3. The molecule has 3 heterocycles. The van der Waals surface area contributed by atoms with Gasteiger partial charge in [0.05, 0.1) is 11.0 Å². The number of nitrogens with zero attached hydrogens (tertiary/aromatic N) is 5. The van der Waals surface area contributed by atoms with Crippen LogP contribution in [-0.4, -0.2) is 26.6 Å². The SMILES string of the molecule is CN(c1ccc2oc3cccc(-c4nc(-c5ccccc5)nc(-c5ccccc5)n4)c3c2c1)c1ccccc1-c1ccc2c(c1)C(C)(C)c1cc3c4ccccc4n(-c4ccccc4)c3cc1-2. The van der Waals surface area contributed by atoms with Crippen LogP contribution in [0.5, 0.6) is 0 Å². The normalized spacial score (nSPS) is 12.8. The predicted molar refractivity (Wildman–Crippen MR) is 275 cm³/mol. The van der Waals surface area contributed by atoms with E-state index in [0.29, 0.717) is 17.5 Å². The van der Waals surface area contributed by atoms with Gasteiger partial charge in [-0.2, -0.15) is 0 Å². The molecule has 67 heavy (non-hydrogen) atoms. The zero-order chi connectivity index (χ0) is 44.8. The number of hydrogen-bond donors (Lipinski definition) is 0. The highest BCUT2D eigenvalue weighted by Crippen LogP contribution is 2.52. The number of benzene rings is 9. The third kappa shape index (κ3) is 6.14. The van der Waals surface area contributed by atoms with E-state index in [-0.39, 0.29) is 5.41 Å². The van der Waals surface area contributed by atoms with Crippen LogP contribution in [0.25, 0.3) is 106 Å². The number of hydrogen-bond acceptors (Lipinski definition) is 5. The Bertz CT molecular complexity index is 3850. The first-order valence-corrected chi connectivity index (χ1v) is 22.8. The van der Waals surface area contributed by atoms with Crippen molar-refractivity contribution in [3.8, 4) is 62.1 Å². The monoisotopic (exact) mass is 861 g/mol. The molecule has 12 aromatic rings. The van der Waals surface area contributed by atoms with Gasteiger partial charge in [0.25, 0.3) is 0 Å². The Balaban J connectivity index is 0.906. The van der Waals surface area contributed by atoms with Crippen LogP contribution in [0, 0.1) is 0 Å². The quantitative estimate of drug-likeness (QED) is 0.160. The predicted octanol–water partition coefficient (Wildman–Crippen LogP) is 15.6. The summed E-state index contributed by atoms with van der Waals surface area (Å²) in [5.74, 6) is 1.83. The number of rotatable bonds is 7. The first kappa shape index (κ1) is 38.8. The van der Waals surface area contributed by atoms with Crippen molar-refractivity contribution in [3.05, 3.63) is 217 Å². The number of anilines is 2. The largest absolute Gasteiger partial charge is 0.456 e. The fourth-order valence-electron chi connectivity index (χ4n) is 10.5. The van der Waals surface area contributed by atoms with Crippen LogP contribution < -0.4 is 4.90 Å². The highest BCUT2D eigenvalue weighted by atomic mass is 16.3. The summed E-state index contributed by atoms with van der Waals surface area (Å²) < 4.78 is 8.96. The molecule has 0 aliphatic heterocycles. The second kappa shape index (κ2) is 15.0. The van der Waals surface area contributed by atoms with Gasteiger partial charge in [-0.1, -0.05) is 153 Å². The molecule has 3 aromatic heterocycles. The highest BCUT2D eigenvalue weighted by molar-refractivity contribution is 6.13. The average molecular weight is 862 g/mol. The smallest absolute Gasteiger partial charge is 0.164 e. The summed E-state index contributed by atoms with van der Waals surface area (Å²) in [5.41, 5.74) is 17.5. The maximum absolute atomic E-state index is 6.55. The molecule has 1 aliphatic rings. The van der Waals surface area contributed by atoms with E-state index in [0.717, 1.165) is 55.6 Å². The van der Waals surface area contributed by atoms with E-state index in [9.17, 15) is 0 Å². The van der Waals surface area contributed by atoms with Crippen LogP contribution in [0.4, 0.5) is 11.4 Å². The van der Waals surface area contributed by atoms with Gasteiger partial charge >= 0.3 is 0 Å². The Morgan fingerprint density at radius 3 is 1.84 bits per heavy atom. The molecule has 0 unspecified atom stereocenters. The molecule has 0 atom stereocenters. The van der Waals surface area contributed by atoms with Crippen molar-refractivity contribution < 1.29 is 4.42 Å². The molecule has 6 nitrogen and oxygen atoms in total. The molecule has 0 N–H and O–H groups in total. The topological polar surface area (TPSA) is 60.0 Å². The molecule has 1 aliphatic carbocycles. The van der Waals surface area contributed by atoms with E-state index in [2.05, 4.69) is 164 Å². The van der Waals surface area contributed by atoms with Crippen LogP contribution in [0.2, 0.25) is 0 Å². The lowest BCUT2D eigenvalue weighted by atomic mass is 9.81. The maximum atomic E-state index is 6.55. The maximum Gasteiger partial charge on any atom is 0.164 e. The lowest BCUT2D eigenvalue weighted by Crippen LogP contribution is -2.15. The van der Waals surface area contributed by atoms with Crippen molar-refractivity contribution in [1.29, 1.82) is 0 Å². The highest BCUT2D eigenvalue weighted by Gasteiger charge is 2.37. The van der Waals surface area contributed by atoms with Gasteiger partial charge in [-0.05, 0) is 94.5 Å².